The van der Waals surface area contributed by atoms with E-state index in [4.69, 9.17) is 5.73 Å². The van der Waals surface area contributed by atoms with Crippen LogP contribution >= 0.6 is 0 Å². The number of rotatable bonds is 5. The van der Waals surface area contributed by atoms with Crippen LogP contribution < -0.4 is 10.6 Å². The molecular weight excluding hydrogens is 316 g/mol. The quantitative estimate of drug-likeness (QED) is 0.668. The van der Waals surface area contributed by atoms with Crippen molar-refractivity contribution < 1.29 is 4.92 Å². The summed E-state index contributed by atoms with van der Waals surface area (Å²) < 4.78 is 0. The monoisotopic (exact) mass is 340 g/mol. The molecule has 1 saturated heterocycles. The lowest BCUT2D eigenvalue weighted by molar-refractivity contribution is -0.384. The molecule has 2 unspecified atom stereocenters. The molecule has 0 aliphatic carbocycles. The third-order valence-corrected chi connectivity index (χ3v) is 4.89. The number of nitro groups is 1. The first-order valence-electron chi connectivity index (χ1n) is 8.49. The van der Waals surface area contributed by atoms with Crippen molar-refractivity contribution in [1.82, 2.24) is 4.90 Å². The summed E-state index contributed by atoms with van der Waals surface area (Å²) in [5.74, 6) is 0.457. The minimum atomic E-state index is -0.309. The molecule has 0 amide bonds. The van der Waals surface area contributed by atoms with E-state index in [1.54, 1.807) is 6.07 Å². The summed E-state index contributed by atoms with van der Waals surface area (Å²) in [4.78, 5) is 15.4. The molecule has 2 N–H and O–H groups in total. The fraction of sp³-hybridized carbons (Fsp3) is 0.368. The van der Waals surface area contributed by atoms with E-state index in [1.807, 2.05) is 54.4 Å². The van der Waals surface area contributed by atoms with Gasteiger partial charge in [-0.15, -0.1) is 0 Å². The topological polar surface area (TPSA) is 75.6 Å². The van der Waals surface area contributed by atoms with E-state index < -0.39 is 0 Å². The SMILES string of the molecule is CC1CN(Cc2ccc(N(C)c3ccccc3)c([N+](=O)[O-])c2)CC1N. The molecule has 1 aliphatic rings. The molecule has 0 aromatic heterocycles. The second-order valence-electron chi connectivity index (χ2n) is 6.81. The summed E-state index contributed by atoms with van der Waals surface area (Å²) in [6.45, 7) is 4.60. The maximum Gasteiger partial charge on any atom is 0.293 e. The number of nitrogens with zero attached hydrogens (tertiary/aromatic N) is 3. The molecular formula is C19H24N4O2. The van der Waals surface area contributed by atoms with Crippen LogP contribution in [0, 0.1) is 16.0 Å². The van der Waals surface area contributed by atoms with Gasteiger partial charge >= 0.3 is 0 Å². The zero-order valence-corrected chi connectivity index (χ0v) is 14.6. The summed E-state index contributed by atoms with van der Waals surface area (Å²) in [7, 11) is 1.85. The van der Waals surface area contributed by atoms with Gasteiger partial charge in [0, 0.05) is 44.5 Å². The average molecular weight is 340 g/mol. The molecule has 3 rings (SSSR count). The van der Waals surface area contributed by atoms with Crippen molar-refractivity contribution in [1.29, 1.82) is 0 Å². The number of nitro benzene ring substituents is 1. The van der Waals surface area contributed by atoms with Gasteiger partial charge in [0.1, 0.15) is 5.69 Å². The van der Waals surface area contributed by atoms with Gasteiger partial charge in [0.2, 0.25) is 0 Å². The van der Waals surface area contributed by atoms with Crippen LogP contribution in [0.4, 0.5) is 17.1 Å². The molecule has 0 spiro atoms. The zero-order valence-electron chi connectivity index (χ0n) is 14.6. The molecule has 6 nitrogen and oxygen atoms in total. The summed E-state index contributed by atoms with van der Waals surface area (Å²) in [6.07, 6.45) is 0. The zero-order chi connectivity index (χ0) is 18.0. The largest absolute Gasteiger partial charge is 0.339 e. The van der Waals surface area contributed by atoms with Crippen molar-refractivity contribution in [2.24, 2.45) is 11.7 Å². The van der Waals surface area contributed by atoms with Crippen molar-refractivity contribution in [3.8, 4) is 0 Å². The predicted octanol–water partition coefficient (Wildman–Crippen LogP) is 3.14. The average Bonchev–Trinajstić information content (AvgIpc) is 2.92. The van der Waals surface area contributed by atoms with Crippen LogP contribution in [0.15, 0.2) is 48.5 Å². The second kappa shape index (κ2) is 7.21. The van der Waals surface area contributed by atoms with Gasteiger partial charge in [0.05, 0.1) is 4.92 Å². The Morgan fingerprint density at radius 1 is 1.24 bits per heavy atom. The standard InChI is InChI=1S/C19H24N4O2/c1-14-11-22(13-17(14)20)12-15-8-9-18(19(10-15)23(24)25)21(2)16-6-4-3-5-7-16/h3-10,14,17H,11-13,20H2,1-2H3. The maximum atomic E-state index is 11.6. The lowest BCUT2D eigenvalue weighted by atomic mass is 10.1. The number of nitrogens with two attached hydrogens (primary N) is 1. The Hall–Kier alpha value is -2.44. The van der Waals surface area contributed by atoms with Gasteiger partial charge in [-0.05, 0) is 29.7 Å². The highest BCUT2D eigenvalue weighted by molar-refractivity contribution is 5.72. The van der Waals surface area contributed by atoms with Crippen LogP contribution in [0.25, 0.3) is 0 Å². The molecule has 1 aliphatic heterocycles. The van der Waals surface area contributed by atoms with Crippen molar-refractivity contribution in [2.45, 2.75) is 19.5 Å². The first kappa shape index (κ1) is 17.4. The molecule has 25 heavy (non-hydrogen) atoms. The summed E-state index contributed by atoms with van der Waals surface area (Å²) >= 11 is 0. The third kappa shape index (κ3) is 3.81. The maximum absolute atomic E-state index is 11.6. The fourth-order valence-corrected chi connectivity index (χ4v) is 3.37. The highest BCUT2D eigenvalue weighted by Crippen LogP contribution is 2.33. The van der Waals surface area contributed by atoms with Crippen LogP contribution in [0.2, 0.25) is 0 Å². The van der Waals surface area contributed by atoms with Crippen molar-refractivity contribution in [2.75, 3.05) is 25.0 Å². The molecule has 0 saturated carbocycles. The Labute approximate surface area is 148 Å². The number of para-hydroxylation sites is 1. The van der Waals surface area contributed by atoms with Gasteiger partial charge in [0.25, 0.3) is 5.69 Å². The number of hydrogen-bond donors (Lipinski definition) is 1. The molecule has 2 aromatic carbocycles. The van der Waals surface area contributed by atoms with Crippen molar-refractivity contribution >= 4 is 17.1 Å². The fourth-order valence-electron chi connectivity index (χ4n) is 3.37. The van der Waals surface area contributed by atoms with Gasteiger partial charge in [-0.3, -0.25) is 15.0 Å². The van der Waals surface area contributed by atoms with Gasteiger partial charge in [-0.2, -0.15) is 0 Å². The van der Waals surface area contributed by atoms with E-state index in [0.717, 1.165) is 24.3 Å². The first-order chi connectivity index (χ1) is 12.0. The lowest BCUT2D eigenvalue weighted by Gasteiger charge is -2.21. The molecule has 1 fully saturated rings. The Kier molecular flexibility index (Phi) is 5.01. The Bertz CT molecular complexity index is 740. The van der Waals surface area contributed by atoms with Crippen molar-refractivity contribution in [3.63, 3.8) is 0 Å². The van der Waals surface area contributed by atoms with Gasteiger partial charge < -0.3 is 10.6 Å². The highest BCUT2D eigenvalue weighted by Gasteiger charge is 2.27. The minimum absolute atomic E-state index is 0.125. The minimum Gasteiger partial charge on any atom is -0.339 e. The molecule has 1 heterocycles. The van der Waals surface area contributed by atoms with Crippen LogP contribution in [-0.2, 0) is 6.54 Å². The Morgan fingerprint density at radius 3 is 2.56 bits per heavy atom. The summed E-state index contributed by atoms with van der Waals surface area (Å²) in [6, 6.07) is 15.3. The van der Waals surface area contributed by atoms with Crippen LogP contribution in [0.5, 0.6) is 0 Å². The van der Waals surface area contributed by atoms with Gasteiger partial charge in [-0.1, -0.05) is 31.2 Å². The number of likely N-dealkylation sites (tertiary alicyclic amines) is 1. The molecule has 132 valence electrons. The normalized spacial score (nSPS) is 20.6. The van der Waals surface area contributed by atoms with E-state index in [-0.39, 0.29) is 16.7 Å². The predicted molar refractivity (Wildman–Crippen MR) is 100 cm³/mol. The van der Waals surface area contributed by atoms with Gasteiger partial charge in [0.15, 0.2) is 0 Å². The molecule has 2 atom stereocenters. The third-order valence-electron chi connectivity index (χ3n) is 4.89. The van der Waals surface area contributed by atoms with E-state index in [1.165, 1.54) is 0 Å². The van der Waals surface area contributed by atoms with E-state index in [9.17, 15) is 10.1 Å². The van der Waals surface area contributed by atoms with Crippen molar-refractivity contribution in [3.05, 3.63) is 64.2 Å². The van der Waals surface area contributed by atoms with Crippen LogP contribution in [0.3, 0.4) is 0 Å². The highest BCUT2D eigenvalue weighted by atomic mass is 16.6. The molecule has 2 aromatic rings. The van der Waals surface area contributed by atoms with E-state index in [0.29, 0.717) is 18.2 Å². The van der Waals surface area contributed by atoms with Gasteiger partial charge in [-0.25, -0.2) is 0 Å². The molecule has 6 heteroatoms. The summed E-state index contributed by atoms with van der Waals surface area (Å²) in [5, 5.41) is 11.6. The number of anilines is 2. The lowest BCUT2D eigenvalue weighted by Crippen LogP contribution is -2.28. The van der Waals surface area contributed by atoms with Crippen LogP contribution in [0.1, 0.15) is 12.5 Å². The number of hydrogen-bond acceptors (Lipinski definition) is 5. The van der Waals surface area contributed by atoms with E-state index in [2.05, 4.69) is 11.8 Å². The van der Waals surface area contributed by atoms with E-state index >= 15 is 0 Å². The molecule has 0 bridgehead atoms. The second-order valence-corrected chi connectivity index (χ2v) is 6.81. The summed E-state index contributed by atoms with van der Waals surface area (Å²) in [5.41, 5.74) is 8.64. The first-order valence-corrected chi connectivity index (χ1v) is 8.49. The van der Waals surface area contributed by atoms with Crippen LogP contribution in [-0.4, -0.2) is 36.0 Å². The molecule has 0 radical (unpaired) electrons. The Morgan fingerprint density at radius 2 is 1.96 bits per heavy atom. The number of benzene rings is 2. The smallest absolute Gasteiger partial charge is 0.293 e. The Balaban J connectivity index is 1.85.